The van der Waals surface area contributed by atoms with E-state index in [-0.39, 0.29) is 23.2 Å². The van der Waals surface area contributed by atoms with Gasteiger partial charge in [0.1, 0.15) is 5.01 Å². The summed E-state index contributed by atoms with van der Waals surface area (Å²) >= 11 is 1.51. The Hall–Kier alpha value is -3.33. The van der Waals surface area contributed by atoms with Crippen LogP contribution in [0.2, 0.25) is 0 Å². The monoisotopic (exact) mass is 413 g/mol. The second-order valence-corrected chi connectivity index (χ2v) is 7.60. The van der Waals surface area contributed by atoms with Gasteiger partial charge in [-0.25, -0.2) is 9.78 Å². The van der Waals surface area contributed by atoms with E-state index in [0.717, 1.165) is 15.2 Å². The molecule has 3 rings (SSSR count). The summed E-state index contributed by atoms with van der Waals surface area (Å²) in [5.74, 6) is -1.08. The topological polar surface area (TPSA) is 103 Å². The van der Waals surface area contributed by atoms with Crippen molar-refractivity contribution in [2.45, 2.75) is 19.9 Å². The molecule has 0 N–H and O–H groups in total. The third-order valence-electron chi connectivity index (χ3n) is 4.60. The van der Waals surface area contributed by atoms with Gasteiger partial charge in [-0.05, 0) is 38.1 Å². The number of carbonyl (C=O) groups excluding carboxylic acids is 2. The number of ether oxygens (including phenoxy) is 1. The highest BCUT2D eigenvalue weighted by Gasteiger charge is 2.22. The Morgan fingerprint density at radius 3 is 2.66 bits per heavy atom. The highest BCUT2D eigenvalue weighted by molar-refractivity contribution is 7.18. The Morgan fingerprint density at radius 2 is 2.00 bits per heavy atom. The molecule has 0 bridgehead atoms. The molecule has 150 valence electrons. The second kappa shape index (κ2) is 8.36. The van der Waals surface area contributed by atoms with Crippen LogP contribution in [0, 0.1) is 17.0 Å². The summed E-state index contributed by atoms with van der Waals surface area (Å²) in [7, 11) is 1.63. The van der Waals surface area contributed by atoms with Crippen LogP contribution in [0.4, 0.5) is 5.69 Å². The number of nitrogens with zero attached hydrogens (tertiary/aromatic N) is 3. The maximum absolute atomic E-state index is 12.5. The zero-order chi connectivity index (χ0) is 21.1. The fourth-order valence-electron chi connectivity index (χ4n) is 2.75. The highest BCUT2D eigenvalue weighted by Crippen LogP contribution is 2.28. The van der Waals surface area contributed by atoms with Crippen molar-refractivity contribution >= 4 is 39.1 Å². The Morgan fingerprint density at radius 1 is 1.28 bits per heavy atom. The number of hydrogen-bond donors (Lipinski definition) is 0. The minimum absolute atomic E-state index is 0.0815. The van der Waals surface area contributed by atoms with E-state index in [1.54, 1.807) is 7.05 Å². The average Bonchev–Trinajstić information content (AvgIpc) is 3.14. The van der Waals surface area contributed by atoms with Crippen LogP contribution < -0.4 is 0 Å². The average molecular weight is 413 g/mol. The van der Waals surface area contributed by atoms with Crippen molar-refractivity contribution in [3.63, 3.8) is 0 Å². The first-order valence-corrected chi connectivity index (χ1v) is 9.63. The second-order valence-electron chi connectivity index (χ2n) is 6.53. The Bertz CT molecular complexity index is 1060. The number of aryl methyl sites for hydroxylation is 1. The van der Waals surface area contributed by atoms with E-state index in [1.807, 2.05) is 31.2 Å². The summed E-state index contributed by atoms with van der Waals surface area (Å²) < 4.78 is 6.13. The van der Waals surface area contributed by atoms with Crippen LogP contribution in [0.25, 0.3) is 10.2 Å². The van der Waals surface area contributed by atoms with Crippen LogP contribution in [-0.4, -0.2) is 40.3 Å². The molecule has 8 nitrogen and oxygen atoms in total. The van der Waals surface area contributed by atoms with Gasteiger partial charge in [-0.1, -0.05) is 12.1 Å². The molecule has 1 aromatic heterocycles. The Balaban J connectivity index is 1.62. The molecular weight excluding hydrogens is 394 g/mol. The molecule has 0 radical (unpaired) electrons. The van der Waals surface area contributed by atoms with E-state index in [9.17, 15) is 19.7 Å². The number of thiazole rings is 1. The van der Waals surface area contributed by atoms with Crippen LogP contribution in [-0.2, 0) is 9.53 Å². The fourth-order valence-corrected chi connectivity index (χ4v) is 3.81. The van der Waals surface area contributed by atoms with Crippen molar-refractivity contribution in [3.8, 4) is 0 Å². The third kappa shape index (κ3) is 4.40. The van der Waals surface area contributed by atoms with Gasteiger partial charge in [0.05, 0.1) is 26.7 Å². The molecule has 0 spiro atoms. The van der Waals surface area contributed by atoms with Crippen molar-refractivity contribution in [1.29, 1.82) is 0 Å². The smallest absolute Gasteiger partial charge is 0.338 e. The zero-order valence-corrected chi connectivity index (χ0v) is 16.9. The molecule has 0 saturated heterocycles. The third-order valence-corrected chi connectivity index (χ3v) is 5.80. The van der Waals surface area contributed by atoms with Gasteiger partial charge in [0, 0.05) is 18.7 Å². The Kier molecular flexibility index (Phi) is 5.88. The van der Waals surface area contributed by atoms with E-state index >= 15 is 0 Å². The molecule has 0 aliphatic carbocycles. The normalized spacial score (nSPS) is 11.8. The van der Waals surface area contributed by atoms with E-state index in [1.165, 1.54) is 41.4 Å². The molecule has 29 heavy (non-hydrogen) atoms. The number of esters is 1. The molecule has 1 atom stereocenters. The van der Waals surface area contributed by atoms with Crippen LogP contribution in [0.3, 0.4) is 0 Å². The van der Waals surface area contributed by atoms with Crippen molar-refractivity contribution in [1.82, 2.24) is 9.88 Å². The SMILES string of the molecule is Cc1cc(C(=O)OCC(=O)N(C)[C@@H](C)c2nc3ccccc3s2)ccc1[N+](=O)[O-]. The number of hydrogen-bond acceptors (Lipinski definition) is 7. The standard InChI is InChI=1S/C20H19N3O5S/c1-12-10-14(8-9-16(12)23(26)27)20(25)28-11-18(24)22(3)13(2)19-21-15-6-4-5-7-17(15)29-19/h4-10,13H,11H2,1-3H3/t13-/m0/s1. The first-order valence-electron chi connectivity index (χ1n) is 8.81. The molecule has 2 aromatic carbocycles. The van der Waals surface area contributed by atoms with Gasteiger partial charge in [0.2, 0.25) is 0 Å². The quantitative estimate of drug-likeness (QED) is 0.345. The number of rotatable bonds is 6. The van der Waals surface area contributed by atoms with Crippen LogP contribution in [0.5, 0.6) is 0 Å². The lowest BCUT2D eigenvalue weighted by atomic mass is 10.1. The molecule has 1 amide bonds. The fraction of sp³-hybridized carbons (Fsp3) is 0.250. The van der Waals surface area contributed by atoms with Gasteiger partial charge in [-0.3, -0.25) is 14.9 Å². The van der Waals surface area contributed by atoms with Gasteiger partial charge in [0.15, 0.2) is 6.61 Å². The lowest BCUT2D eigenvalue weighted by Gasteiger charge is -2.23. The first kappa shape index (κ1) is 20.4. The number of fused-ring (bicyclic) bond motifs is 1. The van der Waals surface area contributed by atoms with Gasteiger partial charge in [0.25, 0.3) is 11.6 Å². The van der Waals surface area contributed by atoms with E-state index < -0.39 is 17.5 Å². The Labute approximate surface area is 170 Å². The van der Waals surface area contributed by atoms with E-state index in [4.69, 9.17) is 4.74 Å². The van der Waals surface area contributed by atoms with Gasteiger partial charge >= 0.3 is 5.97 Å². The number of nitro groups is 1. The molecule has 3 aromatic rings. The van der Waals surface area contributed by atoms with Crippen molar-refractivity contribution in [2.75, 3.05) is 13.7 Å². The summed E-state index contributed by atoms with van der Waals surface area (Å²) in [6.45, 7) is 2.96. The van der Waals surface area contributed by atoms with E-state index in [0.29, 0.717) is 5.56 Å². The number of carbonyl (C=O) groups is 2. The van der Waals surface area contributed by atoms with Crippen LogP contribution in [0.15, 0.2) is 42.5 Å². The summed E-state index contributed by atoms with van der Waals surface area (Å²) in [4.78, 5) is 41.0. The highest BCUT2D eigenvalue weighted by atomic mass is 32.1. The largest absolute Gasteiger partial charge is 0.452 e. The predicted octanol–water partition coefficient (Wildman–Crippen LogP) is 3.89. The number of amides is 1. The molecule has 0 aliphatic rings. The maximum atomic E-state index is 12.5. The lowest BCUT2D eigenvalue weighted by Crippen LogP contribution is -2.33. The summed E-state index contributed by atoms with van der Waals surface area (Å²) in [5.41, 5.74) is 1.29. The summed E-state index contributed by atoms with van der Waals surface area (Å²) in [6, 6.07) is 11.4. The van der Waals surface area contributed by atoms with E-state index in [2.05, 4.69) is 4.98 Å². The number of nitro benzene ring substituents is 1. The van der Waals surface area contributed by atoms with Crippen molar-refractivity contribution in [3.05, 3.63) is 68.7 Å². The molecular formula is C20H19N3O5S. The minimum Gasteiger partial charge on any atom is -0.452 e. The number of likely N-dealkylation sites (N-methyl/N-ethyl adjacent to an activating group) is 1. The molecule has 0 unspecified atom stereocenters. The zero-order valence-electron chi connectivity index (χ0n) is 16.1. The van der Waals surface area contributed by atoms with Crippen LogP contribution >= 0.6 is 11.3 Å². The molecule has 0 saturated carbocycles. The van der Waals surface area contributed by atoms with Crippen LogP contribution in [0.1, 0.15) is 33.9 Å². The van der Waals surface area contributed by atoms with Gasteiger partial charge in [-0.15, -0.1) is 11.3 Å². The first-order chi connectivity index (χ1) is 13.8. The minimum atomic E-state index is -0.711. The lowest BCUT2D eigenvalue weighted by molar-refractivity contribution is -0.385. The molecule has 0 fully saturated rings. The summed E-state index contributed by atoms with van der Waals surface area (Å²) in [5, 5.41) is 11.7. The van der Waals surface area contributed by atoms with Crippen molar-refractivity contribution in [2.24, 2.45) is 0 Å². The maximum Gasteiger partial charge on any atom is 0.338 e. The number of aromatic nitrogens is 1. The molecule has 0 aliphatic heterocycles. The predicted molar refractivity (Wildman–Crippen MR) is 109 cm³/mol. The van der Waals surface area contributed by atoms with Crippen molar-refractivity contribution < 1.29 is 19.2 Å². The molecule has 9 heteroatoms. The summed E-state index contributed by atoms with van der Waals surface area (Å²) in [6.07, 6.45) is 0. The molecule has 1 heterocycles. The number of benzene rings is 2. The number of para-hydroxylation sites is 1. The van der Waals surface area contributed by atoms with Gasteiger partial charge < -0.3 is 9.64 Å². The van der Waals surface area contributed by atoms with Gasteiger partial charge in [-0.2, -0.15) is 0 Å².